The van der Waals surface area contributed by atoms with E-state index < -0.39 is 5.97 Å². The molecule has 0 aliphatic rings. The van der Waals surface area contributed by atoms with Crippen LogP contribution in [0.2, 0.25) is 0 Å². The van der Waals surface area contributed by atoms with Crippen LogP contribution in [0.4, 0.5) is 5.13 Å². The number of hydrogen-bond acceptors (Lipinski definition) is 4. The van der Waals surface area contributed by atoms with Gasteiger partial charge in [-0.1, -0.05) is 19.8 Å². The van der Waals surface area contributed by atoms with Crippen LogP contribution >= 0.6 is 11.3 Å². The van der Waals surface area contributed by atoms with Crippen molar-refractivity contribution >= 4 is 22.4 Å². The van der Waals surface area contributed by atoms with E-state index in [2.05, 4.69) is 11.9 Å². The van der Waals surface area contributed by atoms with E-state index >= 15 is 0 Å². The minimum Gasteiger partial charge on any atom is -0.476 e. The van der Waals surface area contributed by atoms with Gasteiger partial charge in [0.25, 0.3) is 0 Å². The molecule has 0 spiro atoms. The van der Waals surface area contributed by atoms with Crippen molar-refractivity contribution in [2.75, 3.05) is 18.5 Å². The zero-order valence-electron chi connectivity index (χ0n) is 9.99. The topological polar surface area (TPSA) is 53.4 Å². The molecular weight excluding hydrogens is 224 g/mol. The minimum atomic E-state index is -0.943. The number of aromatic carboxylic acids is 1. The SMILES string of the molecule is CCCCCN(C)c1nc(C(=O)O)c(C)s1. The molecule has 0 aliphatic heterocycles. The Morgan fingerprint density at radius 2 is 2.19 bits per heavy atom. The van der Waals surface area contributed by atoms with Gasteiger partial charge in [0.1, 0.15) is 0 Å². The molecule has 1 rings (SSSR count). The first-order valence-corrected chi connectivity index (χ1v) is 6.29. The second-order valence-electron chi connectivity index (χ2n) is 3.84. The van der Waals surface area contributed by atoms with Crippen molar-refractivity contribution in [2.45, 2.75) is 33.1 Å². The first-order valence-electron chi connectivity index (χ1n) is 5.48. The molecular formula is C11H18N2O2S. The number of carboxylic acid groups (broad SMARTS) is 1. The number of carboxylic acids is 1. The van der Waals surface area contributed by atoms with Gasteiger partial charge >= 0.3 is 5.97 Å². The van der Waals surface area contributed by atoms with E-state index in [4.69, 9.17) is 5.11 Å². The van der Waals surface area contributed by atoms with Crippen LogP contribution in [0, 0.1) is 6.92 Å². The second kappa shape index (κ2) is 5.84. The molecule has 0 atom stereocenters. The lowest BCUT2D eigenvalue weighted by Crippen LogP contribution is -2.18. The molecule has 0 unspecified atom stereocenters. The maximum absolute atomic E-state index is 10.8. The Bertz CT molecular complexity index is 363. The third-order valence-electron chi connectivity index (χ3n) is 2.41. The van der Waals surface area contributed by atoms with Gasteiger partial charge in [0.05, 0.1) is 0 Å². The number of hydrogen-bond donors (Lipinski definition) is 1. The monoisotopic (exact) mass is 242 g/mol. The molecule has 0 bridgehead atoms. The molecule has 0 radical (unpaired) electrons. The number of anilines is 1. The van der Waals surface area contributed by atoms with Crippen molar-refractivity contribution in [1.29, 1.82) is 0 Å². The molecule has 90 valence electrons. The summed E-state index contributed by atoms with van der Waals surface area (Å²) in [5.41, 5.74) is 0.183. The van der Waals surface area contributed by atoms with Crippen molar-refractivity contribution in [3.8, 4) is 0 Å². The summed E-state index contributed by atoms with van der Waals surface area (Å²) in [6.45, 7) is 4.89. The predicted octanol–water partition coefficient (Wildman–Crippen LogP) is 2.78. The van der Waals surface area contributed by atoms with Gasteiger partial charge in [0.2, 0.25) is 0 Å². The number of thiazole rings is 1. The van der Waals surface area contributed by atoms with E-state index in [-0.39, 0.29) is 5.69 Å². The van der Waals surface area contributed by atoms with E-state index in [1.807, 2.05) is 11.9 Å². The maximum atomic E-state index is 10.8. The lowest BCUT2D eigenvalue weighted by Gasteiger charge is -2.14. The third kappa shape index (κ3) is 3.20. The zero-order valence-corrected chi connectivity index (χ0v) is 10.8. The fraction of sp³-hybridized carbons (Fsp3) is 0.636. The summed E-state index contributed by atoms with van der Waals surface area (Å²) >= 11 is 1.44. The largest absolute Gasteiger partial charge is 0.476 e. The molecule has 5 heteroatoms. The molecule has 4 nitrogen and oxygen atoms in total. The van der Waals surface area contributed by atoms with E-state index in [9.17, 15) is 4.79 Å². The van der Waals surface area contributed by atoms with Gasteiger partial charge in [0, 0.05) is 18.5 Å². The lowest BCUT2D eigenvalue weighted by molar-refractivity contribution is 0.0690. The van der Waals surface area contributed by atoms with Gasteiger partial charge in [0.15, 0.2) is 10.8 Å². The average Bonchev–Trinajstić information content (AvgIpc) is 2.60. The molecule has 1 heterocycles. The predicted molar refractivity (Wildman–Crippen MR) is 66.6 cm³/mol. The summed E-state index contributed by atoms with van der Waals surface area (Å²) in [6, 6.07) is 0. The fourth-order valence-corrected chi connectivity index (χ4v) is 2.33. The van der Waals surface area contributed by atoms with Gasteiger partial charge in [-0.15, -0.1) is 11.3 Å². The number of unbranched alkanes of at least 4 members (excludes halogenated alkanes) is 2. The van der Waals surface area contributed by atoms with Crippen molar-refractivity contribution in [3.63, 3.8) is 0 Å². The maximum Gasteiger partial charge on any atom is 0.355 e. The number of aryl methyl sites for hydroxylation is 1. The van der Waals surface area contributed by atoms with Crippen LogP contribution in [0.1, 0.15) is 41.6 Å². The lowest BCUT2D eigenvalue weighted by atomic mass is 10.2. The molecule has 0 saturated carbocycles. The van der Waals surface area contributed by atoms with Crippen molar-refractivity contribution < 1.29 is 9.90 Å². The minimum absolute atomic E-state index is 0.183. The van der Waals surface area contributed by atoms with Crippen LogP contribution in [-0.2, 0) is 0 Å². The summed E-state index contributed by atoms with van der Waals surface area (Å²) in [5, 5.41) is 9.70. The molecule has 1 N–H and O–H groups in total. The highest BCUT2D eigenvalue weighted by Crippen LogP contribution is 2.25. The van der Waals surface area contributed by atoms with E-state index in [1.54, 1.807) is 6.92 Å². The number of rotatable bonds is 6. The van der Waals surface area contributed by atoms with E-state index in [1.165, 1.54) is 24.2 Å². The van der Waals surface area contributed by atoms with E-state index in [0.29, 0.717) is 0 Å². The summed E-state index contributed by atoms with van der Waals surface area (Å²) in [4.78, 5) is 17.8. The molecule has 1 aromatic heterocycles. The number of nitrogens with zero attached hydrogens (tertiary/aromatic N) is 2. The second-order valence-corrected chi connectivity index (χ2v) is 5.02. The summed E-state index contributed by atoms with van der Waals surface area (Å²) in [6.07, 6.45) is 3.50. The first-order chi connectivity index (χ1) is 7.56. The average molecular weight is 242 g/mol. The van der Waals surface area contributed by atoms with Gasteiger partial charge < -0.3 is 10.0 Å². The molecule has 0 fully saturated rings. The highest BCUT2D eigenvalue weighted by Gasteiger charge is 2.15. The van der Waals surface area contributed by atoms with Crippen LogP contribution < -0.4 is 4.90 Å². The van der Waals surface area contributed by atoms with Gasteiger partial charge in [-0.2, -0.15) is 0 Å². The standard InChI is InChI=1S/C11H18N2O2S/c1-4-5-6-7-13(3)11-12-9(10(14)15)8(2)16-11/h4-7H2,1-3H3,(H,14,15). The number of aromatic nitrogens is 1. The highest BCUT2D eigenvalue weighted by molar-refractivity contribution is 7.15. The quantitative estimate of drug-likeness (QED) is 0.779. The Kier molecular flexibility index (Phi) is 4.73. The van der Waals surface area contributed by atoms with Crippen LogP contribution in [0.25, 0.3) is 0 Å². The zero-order chi connectivity index (χ0) is 12.1. The molecule has 0 amide bonds. The van der Waals surface area contributed by atoms with Crippen LogP contribution in [-0.4, -0.2) is 29.7 Å². The van der Waals surface area contributed by atoms with Crippen molar-refractivity contribution in [3.05, 3.63) is 10.6 Å². The molecule has 0 aliphatic carbocycles. The van der Waals surface area contributed by atoms with Crippen LogP contribution in [0.5, 0.6) is 0 Å². The Morgan fingerprint density at radius 1 is 1.50 bits per heavy atom. The Hall–Kier alpha value is -1.10. The summed E-state index contributed by atoms with van der Waals surface area (Å²) in [5.74, 6) is -0.943. The molecule has 0 saturated heterocycles. The number of carbonyl (C=O) groups is 1. The Labute approximate surface area is 99.9 Å². The fourth-order valence-electron chi connectivity index (χ4n) is 1.44. The Balaban J connectivity index is 2.65. The molecule has 16 heavy (non-hydrogen) atoms. The third-order valence-corrected chi connectivity index (χ3v) is 3.50. The van der Waals surface area contributed by atoms with Crippen molar-refractivity contribution in [2.24, 2.45) is 0 Å². The normalized spacial score (nSPS) is 10.4. The van der Waals surface area contributed by atoms with E-state index in [0.717, 1.165) is 23.0 Å². The van der Waals surface area contributed by atoms with Crippen molar-refractivity contribution in [1.82, 2.24) is 4.98 Å². The Morgan fingerprint density at radius 3 is 2.69 bits per heavy atom. The molecule has 0 aromatic carbocycles. The van der Waals surface area contributed by atoms with Gasteiger partial charge in [-0.3, -0.25) is 0 Å². The molecule has 1 aromatic rings. The summed E-state index contributed by atoms with van der Waals surface area (Å²) in [7, 11) is 1.96. The smallest absolute Gasteiger partial charge is 0.355 e. The first kappa shape index (κ1) is 13.0. The van der Waals surface area contributed by atoms with Gasteiger partial charge in [-0.25, -0.2) is 9.78 Å². The summed E-state index contributed by atoms with van der Waals surface area (Å²) < 4.78 is 0. The van der Waals surface area contributed by atoms with Crippen LogP contribution in [0.15, 0.2) is 0 Å². The van der Waals surface area contributed by atoms with Crippen LogP contribution in [0.3, 0.4) is 0 Å². The van der Waals surface area contributed by atoms with Gasteiger partial charge in [-0.05, 0) is 13.3 Å². The highest BCUT2D eigenvalue weighted by atomic mass is 32.1.